The number of pyridine rings is 1. The fourth-order valence-electron chi connectivity index (χ4n) is 1.19. The fourth-order valence-corrected chi connectivity index (χ4v) is 3.04. The van der Waals surface area contributed by atoms with Gasteiger partial charge in [-0.1, -0.05) is 23.1 Å². The van der Waals surface area contributed by atoms with E-state index in [4.69, 9.17) is 5.11 Å². The fraction of sp³-hybridized carbons (Fsp3) is 0.111. The molecule has 0 aliphatic carbocycles. The van der Waals surface area contributed by atoms with Crippen molar-refractivity contribution in [1.82, 2.24) is 15.2 Å². The van der Waals surface area contributed by atoms with Gasteiger partial charge in [-0.2, -0.15) is 0 Å². The first-order valence-electron chi connectivity index (χ1n) is 4.83. The van der Waals surface area contributed by atoms with Crippen LogP contribution in [0.25, 0.3) is 0 Å². The Balaban J connectivity index is 2.39. The number of carbonyl (C=O) groups is 1. The Morgan fingerprint density at radius 3 is 2.79 bits per heavy atom. The number of aryl methyl sites for hydroxylation is 1. The summed E-state index contributed by atoms with van der Waals surface area (Å²) in [6.07, 6.45) is 1.16. The molecule has 10 heteroatoms. The van der Waals surface area contributed by atoms with Crippen LogP contribution in [0.3, 0.4) is 0 Å². The Kier molecular flexibility index (Phi) is 3.71. The van der Waals surface area contributed by atoms with Crippen molar-refractivity contribution in [2.24, 2.45) is 0 Å². The molecule has 0 saturated carbocycles. The highest BCUT2D eigenvalue weighted by molar-refractivity contribution is 8.01. The first kappa shape index (κ1) is 13.4. The van der Waals surface area contributed by atoms with Crippen molar-refractivity contribution >= 4 is 34.9 Å². The van der Waals surface area contributed by atoms with Crippen LogP contribution in [-0.2, 0) is 0 Å². The van der Waals surface area contributed by atoms with Crippen LogP contribution < -0.4 is 0 Å². The van der Waals surface area contributed by atoms with E-state index in [-0.39, 0.29) is 10.5 Å². The zero-order valence-corrected chi connectivity index (χ0v) is 11.1. The lowest BCUT2D eigenvalue weighted by Gasteiger charge is -2.00. The van der Waals surface area contributed by atoms with Crippen LogP contribution in [0.15, 0.2) is 21.5 Å². The summed E-state index contributed by atoms with van der Waals surface area (Å²) >= 11 is 2.36. The minimum atomic E-state index is -1.26. The summed E-state index contributed by atoms with van der Waals surface area (Å²) < 4.78 is 0.552. The molecule has 0 saturated heterocycles. The van der Waals surface area contributed by atoms with E-state index in [1.807, 2.05) is 0 Å². The summed E-state index contributed by atoms with van der Waals surface area (Å²) in [5, 5.41) is 28.0. The number of aromatic nitrogens is 3. The van der Waals surface area contributed by atoms with Crippen LogP contribution in [-0.4, -0.2) is 31.2 Å². The molecule has 98 valence electrons. The Labute approximate surface area is 114 Å². The Morgan fingerprint density at radius 2 is 2.26 bits per heavy atom. The van der Waals surface area contributed by atoms with Crippen LogP contribution in [0.4, 0.5) is 5.82 Å². The molecule has 0 aromatic carbocycles. The van der Waals surface area contributed by atoms with Crippen molar-refractivity contribution in [2.45, 2.75) is 16.2 Å². The minimum Gasteiger partial charge on any atom is -0.478 e. The summed E-state index contributed by atoms with van der Waals surface area (Å²) in [4.78, 5) is 24.8. The van der Waals surface area contributed by atoms with E-state index in [1.165, 1.54) is 11.3 Å². The lowest BCUT2D eigenvalue weighted by atomic mass is 10.2. The molecular formula is C9H6N4O4S2. The van der Waals surface area contributed by atoms with Gasteiger partial charge in [-0.3, -0.25) is 0 Å². The average Bonchev–Trinajstić information content (AvgIpc) is 2.74. The molecule has 0 fully saturated rings. The van der Waals surface area contributed by atoms with Crippen LogP contribution >= 0.6 is 23.1 Å². The number of carboxylic acid groups (broad SMARTS) is 1. The lowest BCUT2D eigenvalue weighted by molar-refractivity contribution is -0.389. The zero-order chi connectivity index (χ0) is 14.0. The van der Waals surface area contributed by atoms with Gasteiger partial charge in [0.1, 0.15) is 5.01 Å². The number of nitrogens with zero attached hydrogens (tertiary/aromatic N) is 4. The van der Waals surface area contributed by atoms with E-state index in [0.29, 0.717) is 4.34 Å². The Bertz CT molecular complexity index is 657. The van der Waals surface area contributed by atoms with Gasteiger partial charge in [0, 0.05) is 0 Å². The van der Waals surface area contributed by atoms with E-state index in [1.54, 1.807) is 6.92 Å². The Hall–Kier alpha value is -2.07. The molecule has 0 spiro atoms. The van der Waals surface area contributed by atoms with Gasteiger partial charge in [0.15, 0.2) is 10.5 Å². The van der Waals surface area contributed by atoms with E-state index < -0.39 is 16.7 Å². The van der Waals surface area contributed by atoms with Crippen molar-refractivity contribution in [3.8, 4) is 0 Å². The third-order valence-electron chi connectivity index (χ3n) is 1.98. The van der Waals surface area contributed by atoms with Gasteiger partial charge in [0.25, 0.3) is 0 Å². The normalized spacial score (nSPS) is 10.4. The molecule has 0 aliphatic rings. The number of hydrogen-bond donors (Lipinski definition) is 1. The third-order valence-corrected chi connectivity index (χ3v) is 3.91. The highest BCUT2D eigenvalue weighted by atomic mass is 32.2. The third kappa shape index (κ3) is 3.03. The summed E-state index contributed by atoms with van der Waals surface area (Å²) in [5.41, 5.74) is -0.181. The zero-order valence-electron chi connectivity index (χ0n) is 9.43. The van der Waals surface area contributed by atoms with Gasteiger partial charge in [0.05, 0.1) is 16.5 Å². The molecule has 0 radical (unpaired) electrons. The van der Waals surface area contributed by atoms with E-state index >= 15 is 0 Å². The molecule has 1 N–H and O–H groups in total. The first-order valence-corrected chi connectivity index (χ1v) is 6.46. The second kappa shape index (κ2) is 5.28. The van der Waals surface area contributed by atoms with E-state index in [0.717, 1.165) is 29.0 Å². The SMILES string of the molecule is Cc1nnc(Sc2cnc([N+](=O)[O-])cc2C(=O)O)s1. The van der Waals surface area contributed by atoms with Gasteiger partial charge in [-0.25, -0.2) is 4.79 Å². The topological polar surface area (TPSA) is 119 Å². The van der Waals surface area contributed by atoms with Crippen molar-refractivity contribution in [3.63, 3.8) is 0 Å². The predicted octanol–water partition coefficient (Wildman–Crippen LogP) is 2.00. The number of hydrogen-bond acceptors (Lipinski definition) is 8. The lowest BCUT2D eigenvalue weighted by Crippen LogP contribution is -2.02. The molecule has 0 amide bonds. The number of aromatic carboxylic acids is 1. The molecule has 0 atom stereocenters. The van der Waals surface area contributed by atoms with Gasteiger partial charge in [0.2, 0.25) is 0 Å². The molecule has 2 rings (SSSR count). The number of nitro groups is 1. The Morgan fingerprint density at radius 1 is 1.53 bits per heavy atom. The molecule has 8 nitrogen and oxygen atoms in total. The van der Waals surface area contributed by atoms with Crippen molar-refractivity contribution in [2.75, 3.05) is 0 Å². The average molecular weight is 298 g/mol. The van der Waals surface area contributed by atoms with Gasteiger partial charge in [-0.15, -0.1) is 10.2 Å². The van der Waals surface area contributed by atoms with Crippen LogP contribution in [0.2, 0.25) is 0 Å². The van der Waals surface area contributed by atoms with Gasteiger partial charge < -0.3 is 15.2 Å². The quantitative estimate of drug-likeness (QED) is 0.672. The maximum absolute atomic E-state index is 11.1. The highest BCUT2D eigenvalue weighted by Crippen LogP contribution is 2.33. The largest absolute Gasteiger partial charge is 0.478 e. The summed E-state index contributed by atoms with van der Waals surface area (Å²) in [5.74, 6) is -1.76. The van der Waals surface area contributed by atoms with Crippen LogP contribution in [0.1, 0.15) is 15.4 Å². The molecule has 2 aromatic rings. The molecule has 0 unspecified atom stereocenters. The molecule has 19 heavy (non-hydrogen) atoms. The monoisotopic (exact) mass is 298 g/mol. The second-order valence-electron chi connectivity index (χ2n) is 3.29. The van der Waals surface area contributed by atoms with Crippen LogP contribution in [0.5, 0.6) is 0 Å². The van der Waals surface area contributed by atoms with Gasteiger partial charge in [-0.05, 0) is 16.8 Å². The van der Waals surface area contributed by atoms with Crippen LogP contribution in [0, 0.1) is 17.0 Å². The number of rotatable bonds is 4. The first-order chi connectivity index (χ1) is 8.97. The van der Waals surface area contributed by atoms with E-state index in [9.17, 15) is 14.9 Å². The molecule has 2 heterocycles. The highest BCUT2D eigenvalue weighted by Gasteiger charge is 2.20. The second-order valence-corrected chi connectivity index (χ2v) is 5.76. The summed E-state index contributed by atoms with van der Waals surface area (Å²) in [7, 11) is 0. The standard InChI is InChI=1S/C9H6N4O4S2/c1-4-11-12-9(18-4)19-6-3-10-7(13(16)17)2-5(6)8(14)15/h2-3H,1H3,(H,14,15). The minimum absolute atomic E-state index is 0.181. The molecule has 0 bridgehead atoms. The maximum atomic E-state index is 11.1. The summed E-state index contributed by atoms with van der Waals surface area (Å²) in [6.45, 7) is 1.77. The molecule has 0 aliphatic heterocycles. The molecular weight excluding hydrogens is 292 g/mol. The number of carboxylic acids is 1. The smallest absolute Gasteiger partial charge is 0.364 e. The maximum Gasteiger partial charge on any atom is 0.364 e. The van der Waals surface area contributed by atoms with E-state index in [2.05, 4.69) is 15.2 Å². The van der Waals surface area contributed by atoms with Crippen molar-refractivity contribution < 1.29 is 14.8 Å². The summed E-state index contributed by atoms with van der Waals surface area (Å²) in [6, 6.07) is 0.929. The van der Waals surface area contributed by atoms with Crippen molar-refractivity contribution in [3.05, 3.63) is 32.9 Å². The molecule has 2 aromatic heterocycles. The van der Waals surface area contributed by atoms with Crippen molar-refractivity contribution in [1.29, 1.82) is 0 Å². The predicted molar refractivity (Wildman–Crippen MR) is 66.6 cm³/mol. The van der Waals surface area contributed by atoms with Gasteiger partial charge >= 0.3 is 11.8 Å².